The third-order valence-corrected chi connectivity index (χ3v) is 7.68. The lowest BCUT2D eigenvalue weighted by molar-refractivity contribution is -0.132. The van der Waals surface area contributed by atoms with Crippen LogP contribution in [0.15, 0.2) is 47.4 Å². The van der Waals surface area contributed by atoms with Gasteiger partial charge in [0.1, 0.15) is 16.8 Å². The monoisotopic (exact) mass is 481 g/mol. The highest BCUT2D eigenvalue weighted by Crippen LogP contribution is 2.31. The quantitative estimate of drug-likeness (QED) is 0.563. The lowest BCUT2D eigenvalue weighted by atomic mass is 10.2. The molecule has 0 atom stereocenters. The third-order valence-electron chi connectivity index (χ3n) is 4.93. The van der Waals surface area contributed by atoms with Gasteiger partial charge in [0, 0.05) is 32.6 Å². The van der Waals surface area contributed by atoms with Crippen LogP contribution in [-0.4, -0.2) is 56.3 Å². The molecule has 0 aliphatic carbocycles. The molecule has 0 saturated carbocycles. The summed E-state index contributed by atoms with van der Waals surface area (Å²) in [6, 6.07) is 13.1. The minimum atomic E-state index is -3.78. The van der Waals surface area contributed by atoms with Gasteiger partial charge in [0.2, 0.25) is 15.9 Å². The fraction of sp³-hybridized carbons (Fsp3) is 0.333. The Morgan fingerprint density at radius 2 is 1.77 bits per heavy atom. The molecule has 0 unspecified atom stereocenters. The zero-order valence-electron chi connectivity index (χ0n) is 16.6. The Bertz CT molecular complexity index is 1090. The molecule has 0 N–H and O–H groups in total. The Morgan fingerprint density at radius 1 is 1.06 bits per heavy atom. The normalized spacial score (nSPS) is 14.8. The van der Waals surface area contributed by atoms with Gasteiger partial charge in [-0.3, -0.25) is 4.79 Å². The topological polar surface area (TPSA) is 90.7 Å². The number of nitrogens with zero attached hydrogens (tertiary/aromatic N) is 3. The standard InChI is InChI=1S/C21H21Cl2N3O4S/c22-17-6-3-7-18(21(17)23)30-14-4-9-20(27)25-10-12-26(13-11-25)31(28,29)19-8-2-1-5-16(19)15-24/h1-3,5-8H,4,9-14H2. The highest BCUT2D eigenvalue weighted by molar-refractivity contribution is 7.89. The van der Waals surface area contributed by atoms with Gasteiger partial charge in [0.05, 0.1) is 22.1 Å². The summed E-state index contributed by atoms with van der Waals surface area (Å²) in [6.45, 7) is 1.28. The van der Waals surface area contributed by atoms with Crippen LogP contribution in [0, 0.1) is 11.3 Å². The minimum Gasteiger partial charge on any atom is -0.492 e. The van der Waals surface area contributed by atoms with Gasteiger partial charge in [-0.15, -0.1) is 0 Å². The molecule has 31 heavy (non-hydrogen) atoms. The summed E-state index contributed by atoms with van der Waals surface area (Å²) >= 11 is 12.0. The van der Waals surface area contributed by atoms with Crippen LogP contribution in [0.4, 0.5) is 0 Å². The highest BCUT2D eigenvalue weighted by atomic mass is 35.5. The molecule has 1 saturated heterocycles. The number of hydrogen-bond donors (Lipinski definition) is 0. The number of hydrogen-bond acceptors (Lipinski definition) is 5. The lowest BCUT2D eigenvalue weighted by Crippen LogP contribution is -2.50. The zero-order valence-corrected chi connectivity index (χ0v) is 19.0. The molecule has 1 heterocycles. The molecule has 164 valence electrons. The molecule has 0 aromatic heterocycles. The van der Waals surface area contributed by atoms with Crippen molar-refractivity contribution in [3.8, 4) is 11.8 Å². The second kappa shape index (κ2) is 10.3. The first-order valence-corrected chi connectivity index (χ1v) is 11.9. The number of sulfonamides is 1. The molecule has 1 fully saturated rings. The molecule has 1 aliphatic rings. The predicted molar refractivity (Wildman–Crippen MR) is 118 cm³/mol. The fourth-order valence-corrected chi connectivity index (χ4v) is 5.17. The van der Waals surface area contributed by atoms with Crippen LogP contribution in [0.2, 0.25) is 10.0 Å². The van der Waals surface area contributed by atoms with Gasteiger partial charge in [0.15, 0.2) is 0 Å². The van der Waals surface area contributed by atoms with Gasteiger partial charge < -0.3 is 9.64 Å². The molecular formula is C21H21Cl2N3O4S. The first kappa shape index (κ1) is 23.4. The Morgan fingerprint density at radius 3 is 2.48 bits per heavy atom. The number of carbonyl (C=O) groups is 1. The van der Waals surface area contributed by atoms with E-state index in [0.717, 1.165) is 0 Å². The smallest absolute Gasteiger partial charge is 0.244 e. The van der Waals surface area contributed by atoms with Crippen molar-refractivity contribution >= 4 is 39.1 Å². The summed E-state index contributed by atoms with van der Waals surface area (Å²) in [5.74, 6) is 0.411. The van der Waals surface area contributed by atoms with Gasteiger partial charge in [0.25, 0.3) is 0 Å². The van der Waals surface area contributed by atoms with Crippen molar-refractivity contribution in [3.63, 3.8) is 0 Å². The van der Waals surface area contributed by atoms with E-state index < -0.39 is 10.0 Å². The van der Waals surface area contributed by atoms with Crippen molar-refractivity contribution in [2.75, 3.05) is 32.8 Å². The maximum absolute atomic E-state index is 12.9. The van der Waals surface area contributed by atoms with Crippen molar-refractivity contribution < 1.29 is 17.9 Å². The van der Waals surface area contributed by atoms with E-state index >= 15 is 0 Å². The third kappa shape index (κ3) is 5.49. The summed E-state index contributed by atoms with van der Waals surface area (Å²) < 4.78 is 32.7. The van der Waals surface area contributed by atoms with E-state index in [4.69, 9.17) is 27.9 Å². The molecule has 2 aromatic carbocycles. The number of halogens is 2. The van der Waals surface area contributed by atoms with E-state index in [2.05, 4.69) is 0 Å². The zero-order chi connectivity index (χ0) is 22.4. The molecule has 0 spiro atoms. The summed E-state index contributed by atoms with van der Waals surface area (Å²) in [6.07, 6.45) is 0.776. The first-order chi connectivity index (χ1) is 14.8. The van der Waals surface area contributed by atoms with Gasteiger partial charge in [-0.1, -0.05) is 41.4 Å². The summed E-state index contributed by atoms with van der Waals surface area (Å²) in [4.78, 5) is 14.1. The molecule has 1 amide bonds. The molecule has 10 heteroatoms. The van der Waals surface area contributed by atoms with Crippen LogP contribution in [-0.2, 0) is 14.8 Å². The van der Waals surface area contributed by atoms with Gasteiger partial charge in [-0.25, -0.2) is 8.42 Å². The number of ether oxygens (including phenoxy) is 1. The van der Waals surface area contributed by atoms with Crippen LogP contribution >= 0.6 is 23.2 Å². The summed E-state index contributed by atoms with van der Waals surface area (Å²) in [5.41, 5.74) is 0.112. The molecule has 0 radical (unpaired) electrons. The molecule has 2 aromatic rings. The van der Waals surface area contributed by atoms with Crippen LogP contribution < -0.4 is 4.74 Å². The van der Waals surface area contributed by atoms with E-state index in [0.29, 0.717) is 41.9 Å². The van der Waals surface area contributed by atoms with Crippen LogP contribution in [0.5, 0.6) is 5.75 Å². The largest absolute Gasteiger partial charge is 0.492 e. The molecule has 3 rings (SSSR count). The summed E-state index contributed by atoms with van der Waals surface area (Å²) in [7, 11) is -3.78. The van der Waals surface area contributed by atoms with Crippen molar-refractivity contribution in [2.45, 2.75) is 17.7 Å². The van der Waals surface area contributed by atoms with Crippen molar-refractivity contribution in [1.29, 1.82) is 5.26 Å². The molecule has 1 aliphatic heterocycles. The fourth-order valence-electron chi connectivity index (χ4n) is 3.26. The number of amides is 1. The highest BCUT2D eigenvalue weighted by Gasteiger charge is 2.31. The Labute approximate surface area is 191 Å². The van der Waals surface area contributed by atoms with Crippen LogP contribution in [0.1, 0.15) is 18.4 Å². The number of carbonyl (C=O) groups excluding carboxylic acids is 1. The maximum Gasteiger partial charge on any atom is 0.244 e. The number of nitriles is 1. The van der Waals surface area contributed by atoms with Gasteiger partial charge in [-0.2, -0.15) is 9.57 Å². The second-order valence-electron chi connectivity index (χ2n) is 6.90. The Balaban J connectivity index is 1.48. The summed E-state index contributed by atoms with van der Waals surface area (Å²) in [5, 5.41) is 9.93. The average molecular weight is 482 g/mol. The van der Waals surface area contributed by atoms with E-state index in [-0.39, 0.29) is 35.9 Å². The molecule has 0 bridgehead atoms. The number of rotatable bonds is 7. The van der Waals surface area contributed by atoms with E-state index in [1.807, 2.05) is 6.07 Å². The minimum absolute atomic E-state index is 0.00546. The Kier molecular flexibility index (Phi) is 7.79. The Hall–Kier alpha value is -2.31. The van der Waals surface area contributed by atoms with Crippen LogP contribution in [0.25, 0.3) is 0 Å². The second-order valence-corrected chi connectivity index (χ2v) is 9.59. The maximum atomic E-state index is 12.9. The van der Waals surface area contributed by atoms with E-state index in [1.54, 1.807) is 35.2 Å². The van der Waals surface area contributed by atoms with Gasteiger partial charge >= 0.3 is 0 Å². The number of benzene rings is 2. The van der Waals surface area contributed by atoms with Crippen molar-refractivity contribution in [3.05, 3.63) is 58.1 Å². The predicted octanol–water partition coefficient (Wildman–Crippen LogP) is 3.56. The van der Waals surface area contributed by atoms with Crippen molar-refractivity contribution in [2.24, 2.45) is 0 Å². The molecule has 7 nitrogen and oxygen atoms in total. The van der Waals surface area contributed by atoms with Crippen LogP contribution in [0.3, 0.4) is 0 Å². The van der Waals surface area contributed by atoms with Crippen molar-refractivity contribution in [1.82, 2.24) is 9.21 Å². The molecular weight excluding hydrogens is 461 g/mol. The average Bonchev–Trinajstić information content (AvgIpc) is 2.79. The SMILES string of the molecule is N#Cc1ccccc1S(=O)(=O)N1CCN(C(=O)CCCOc2cccc(Cl)c2Cl)CC1. The van der Waals surface area contributed by atoms with E-state index in [1.165, 1.54) is 16.4 Å². The lowest BCUT2D eigenvalue weighted by Gasteiger charge is -2.34. The van der Waals surface area contributed by atoms with Gasteiger partial charge in [-0.05, 0) is 30.7 Å². The van der Waals surface area contributed by atoms with E-state index in [9.17, 15) is 18.5 Å². The number of piperazine rings is 1. The first-order valence-electron chi connectivity index (χ1n) is 9.68.